The summed E-state index contributed by atoms with van der Waals surface area (Å²) in [5.41, 5.74) is -0.604. The fourth-order valence-electron chi connectivity index (χ4n) is 2.58. The molecule has 0 fully saturated rings. The molecule has 10 nitrogen and oxygen atoms in total. The molecule has 1 N–H and O–H groups in total. The lowest BCUT2D eigenvalue weighted by Crippen LogP contribution is -2.27. The fraction of sp³-hybridized carbons (Fsp3) is 0.100. The van der Waals surface area contributed by atoms with E-state index in [2.05, 4.69) is 10.4 Å². The van der Waals surface area contributed by atoms with Gasteiger partial charge in [0.05, 0.1) is 22.9 Å². The Morgan fingerprint density at radius 1 is 1.13 bits per heavy atom. The summed E-state index contributed by atoms with van der Waals surface area (Å²) in [7, 11) is 0. The van der Waals surface area contributed by atoms with Gasteiger partial charge in [-0.3, -0.25) is 19.7 Å². The monoisotopic (exact) mass is 408 g/mol. The first-order valence-corrected chi connectivity index (χ1v) is 8.83. The molecule has 1 amide bonds. The number of nitrogens with one attached hydrogen (secondary N) is 1. The molecule has 0 saturated carbocycles. The SMILES string of the molecule is CCOC(=O)c1nn(-c2ccccc2)c(=O)cc1NC(=O)c1ccc([N+](=O)[O-])cc1. The van der Waals surface area contributed by atoms with Crippen LogP contribution < -0.4 is 10.9 Å². The molecular weight excluding hydrogens is 392 g/mol. The summed E-state index contributed by atoms with van der Waals surface area (Å²) < 4.78 is 6.01. The van der Waals surface area contributed by atoms with Gasteiger partial charge in [0.1, 0.15) is 0 Å². The fourth-order valence-corrected chi connectivity index (χ4v) is 2.58. The molecule has 1 heterocycles. The number of para-hydroxylation sites is 1. The Morgan fingerprint density at radius 2 is 1.80 bits per heavy atom. The second-order valence-corrected chi connectivity index (χ2v) is 5.97. The van der Waals surface area contributed by atoms with E-state index in [1.54, 1.807) is 37.3 Å². The number of carbonyl (C=O) groups excluding carboxylic acids is 2. The van der Waals surface area contributed by atoms with Crippen LogP contribution >= 0.6 is 0 Å². The number of amides is 1. The molecule has 0 spiro atoms. The molecule has 30 heavy (non-hydrogen) atoms. The third-order valence-electron chi connectivity index (χ3n) is 3.99. The second kappa shape index (κ2) is 8.78. The van der Waals surface area contributed by atoms with E-state index < -0.39 is 22.4 Å². The highest BCUT2D eigenvalue weighted by atomic mass is 16.6. The van der Waals surface area contributed by atoms with Crippen molar-refractivity contribution in [2.75, 3.05) is 11.9 Å². The number of non-ortho nitro benzene ring substituents is 1. The minimum Gasteiger partial charge on any atom is -0.461 e. The maximum Gasteiger partial charge on any atom is 0.360 e. The Balaban J connectivity index is 1.99. The van der Waals surface area contributed by atoms with Gasteiger partial charge in [0.15, 0.2) is 5.69 Å². The standard InChI is InChI=1S/C20H16N4O6/c1-2-30-20(27)18-16(12-17(25)23(22-18)14-6-4-3-5-7-14)21-19(26)13-8-10-15(11-9-13)24(28)29/h3-12H,2H2,1H3,(H,21,26). The number of hydrogen-bond donors (Lipinski definition) is 1. The first-order chi connectivity index (χ1) is 14.4. The summed E-state index contributed by atoms with van der Waals surface area (Å²) in [4.78, 5) is 47.6. The highest BCUT2D eigenvalue weighted by molar-refractivity contribution is 6.07. The Morgan fingerprint density at radius 3 is 2.40 bits per heavy atom. The number of carbonyl (C=O) groups is 2. The van der Waals surface area contributed by atoms with E-state index in [0.717, 1.165) is 10.7 Å². The maximum absolute atomic E-state index is 12.5. The molecule has 0 radical (unpaired) electrons. The Labute approximate surface area is 169 Å². The minimum absolute atomic E-state index is 0.0702. The van der Waals surface area contributed by atoms with E-state index in [-0.39, 0.29) is 29.2 Å². The highest BCUT2D eigenvalue weighted by Crippen LogP contribution is 2.17. The summed E-state index contributed by atoms with van der Waals surface area (Å²) in [6.07, 6.45) is 0. The van der Waals surface area contributed by atoms with Crippen molar-refractivity contribution in [1.29, 1.82) is 0 Å². The lowest BCUT2D eigenvalue weighted by Gasteiger charge is -2.12. The van der Waals surface area contributed by atoms with Crippen LogP contribution in [-0.2, 0) is 4.74 Å². The van der Waals surface area contributed by atoms with Gasteiger partial charge in [0.25, 0.3) is 17.2 Å². The number of anilines is 1. The topological polar surface area (TPSA) is 133 Å². The average molecular weight is 408 g/mol. The lowest BCUT2D eigenvalue weighted by atomic mass is 10.2. The van der Waals surface area contributed by atoms with Gasteiger partial charge in [-0.15, -0.1) is 0 Å². The van der Waals surface area contributed by atoms with Crippen molar-refractivity contribution in [2.24, 2.45) is 0 Å². The van der Waals surface area contributed by atoms with Crippen LogP contribution in [0.2, 0.25) is 0 Å². The molecule has 0 aliphatic rings. The van der Waals surface area contributed by atoms with E-state index >= 15 is 0 Å². The number of aromatic nitrogens is 2. The van der Waals surface area contributed by atoms with Crippen molar-refractivity contribution in [3.8, 4) is 5.69 Å². The summed E-state index contributed by atoms with van der Waals surface area (Å²) >= 11 is 0. The molecule has 0 aliphatic heterocycles. The molecule has 3 aromatic rings. The van der Waals surface area contributed by atoms with Crippen molar-refractivity contribution in [3.63, 3.8) is 0 Å². The average Bonchev–Trinajstić information content (AvgIpc) is 2.74. The zero-order valence-corrected chi connectivity index (χ0v) is 15.8. The number of ether oxygens (including phenoxy) is 1. The number of rotatable bonds is 6. The molecule has 3 rings (SSSR count). The van der Waals surface area contributed by atoms with Crippen molar-refractivity contribution >= 4 is 23.3 Å². The van der Waals surface area contributed by atoms with Crippen molar-refractivity contribution < 1.29 is 19.2 Å². The van der Waals surface area contributed by atoms with Gasteiger partial charge >= 0.3 is 5.97 Å². The van der Waals surface area contributed by atoms with Crippen LogP contribution in [0.15, 0.2) is 65.5 Å². The quantitative estimate of drug-likeness (QED) is 0.376. The summed E-state index contributed by atoms with van der Waals surface area (Å²) in [5, 5.41) is 17.3. The molecule has 0 atom stereocenters. The number of nitro benzene ring substituents is 1. The molecule has 2 aromatic carbocycles. The van der Waals surface area contributed by atoms with E-state index in [4.69, 9.17) is 4.74 Å². The number of hydrogen-bond acceptors (Lipinski definition) is 7. The van der Waals surface area contributed by atoms with Crippen LogP contribution in [0, 0.1) is 10.1 Å². The van der Waals surface area contributed by atoms with Crippen LogP contribution in [0.4, 0.5) is 11.4 Å². The Kier molecular flexibility index (Phi) is 5.97. The van der Waals surface area contributed by atoms with Gasteiger partial charge in [0, 0.05) is 23.8 Å². The molecule has 0 bridgehead atoms. The number of nitro groups is 1. The maximum atomic E-state index is 12.5. The predicted molar refractivity (Wildman–Crippen MR) is 107 cm³/mol. The molecule has 152 valence electrons. The van der Waals surface area contributed by atoms with E-state index in [1.165, 1.54) is 24.3 Å². The van der Waals surface area contributed by atoms with Crippen LogP contribution in [-0.4, -0.2) is 33.2 Å². The first kappa shape index (κ1) is 20.4. The minimum atomic E-state index is -0.818. The second-order valence-electron chi connectivity index (χ2n) is 5.97. The van der Waals surface area contributed by atoms with Crippen molar-refractivity contribution in [3.05, 3.63) is 92.4 Å². The zero-order chi connectivity index (χ0) is 21.7. The van der Waals surface area contributed by atoms with Gasteiger partial charge in [-0.25, -0.2) is 4.79 Å². The first-order valence-electron chi connectivity index (χ1n) is 8.83. The third-order valence-corrected chi connectivity index (χ3v) is 3.99. The van der Waals surface area contributed by atoms with Crippen LogP contribution in [0.3, 0.4) is 0 Å². The van der Waals surface area contributed by atoms with Gasteiger partial charge in [0.2, 0.25) is 0 Å². The van der Waals surface area contributed by atoms with Crippen LogP contribution in [0.25, 0.3) is 5.69 Å². The Bertz CT molecular complexity index is 1160. The summed E-state index contributed by atoms with van der Waals surface area (Å²) in [6, 6.07) is 14.4. The zero-order valence-electron chi connectivity index (χ0n) is 15.8. The van der Waals surface area contributed by atoms with E-state index in [1.807, 2.05) is 0 Å². The van der Waals surface area contributed by atoms with E-state index in [0.29, 0.717) is 5.69 Å². The van der Waals surface area contributed by atoms with Gasteiger partial charge in [-0.1, -0.05) is 18.2 Å². The number of benzene rings is 2. The molecule has 1 aromatic heterocycles. The summed E-state index contributed by atoms with van der Waals surface area (Å²) in [6.45, 7) is 1.68. The smallest absolute Gasteiger partial charge is 0.360 e. The number of esters is 1. The molecule has 0 aliphatic carbocycles. The van der Waals surface area contributed by atoms with Gasteiger partial charge in [-0.2, -0.15) is 9.78 Å². The normalized spacial score (nSPS) is 10.3. The summed E-state index contributed by atoms with van der Waals surface area (Å²) in [5.74, 6) is -1.49. The third kappa shape index (κ3) is 4.38. The molecule has 0 unspecified atom stereocenters. The van der Waals surface area contributed by atoms with Crippen molar-refractivity contribution in [2.45, 2.75) is 6.92 Å². The lowest BCUT2D eigenvalue weighted by molar-refractivity contribution is -0.384. The molecule has 10 heteroatoms. The predicted octanol–water partition coefficient (Wildman–Crippen LogP) is 2.57. The van der Waals surface area contributed by atoms with Gasteiger partial charge in [-0.05, 0) is 31.2 Å². The van der Waals surface area contributed by atoms with Gasteiger partial charge < -0.3 is 10.1 Å². The number of nitrogens with zero attached hydrogens (tertiary/aromatic N) is 3. The highest BCUT2D eigenvalue weighted by Gasteiger charge is 2.21. The van der Waals surface area contributed by atoms with E-state index in [9.17, 15) is 24.5 Å². The Hall–Kier alpha value is -4.34. The molecule has 0 saturated heterocycles. The largest absolute Gasteiger partial charge is 0.461 e. The van der Waals surface area contributed by atoms with Crippen LogP contribution in [0.5, 0.6) is 0 Å². The van der Waals surface area contributed by atoms with Crippen molar-refractivity contribution in [1.82, 2.24) is 9.78 Å². The van der Waals surface area contributed by atoms with Crippen LogP contribution in [0.1, 0.15) is 27.8 Å². The molecular formula is C20H16N4O6.